The van der Waals surface area contributed by atoms with Crippen molar-refractivity contribution in [3.63, 3.8) is 0 Å². The van der Waals surface area contributed by atoms with E-state index in [2.05, 4.69) is 85.6 Å². The third kappa shape index (κ3) is 3.32. The fraction of sp³-hybridized carbons (Fsp3) is 0.481. The summed E-state index contributed by atoms with van der Waals surface area (Å²) in [5.74, 6) is 1.38. The molecule has 1 saturated heterocycles. The molecule has 4 heteroatoms. The second-order valence-corrected chi connectivity index (χ2v) is 10.1. The molecule has 4 aliphatic rings. The Labute approximate surface area is 185 Å². The Bertz CT molecular complexity index is 957. The second kappa shape index (κ2) is 7.90. The van der Waals surface area contributed by atoms with E-state index in [9.17, 15) is 4.79 Å². The Kier molecular flexibility index (Phi) is 5.21. The number of nitrogens with two attached hydrogens (primary N) is 1. The summed E-state index contributed by atoms with van der Waals surface area (Å²) in [4.78, 5) is 20.7. The molecule has 1 aliphatic carbocycles. The molecule has 31 heavy (non-hydrogen) atoms. The first-order valence-electron chi connectivity index (χ1n) is 11.7. The predicted octanol–water partition coefficient (Wildman–Crippen LogP) is 4.09. The largest absolute Gasteiger partial charge is 0.367 e. The van der Waals surface area contributed by atoms with Gasteiger partial charge in [-0.2, -0.15) is 0 Å². The van der Waals surface area contributed by atoms with Crippen molar-refractivity contribution in [3.8, 4) is 0 Å². The van der Waals surface area contributed by atoms with Gasteiger partial charge in [0.05, 0.1) is 0 Å². The van der Waals surface area contributed by atoms with Gasteiger partial charge in [-0.1, -0.05) is 74.5 Å². The number of likely N-dealkylation sites (tertiary alicyclic amines) is 1. The summed E-state index contributed by atoms with van der Waals surface area (Å²) in [5.41, 5.74) is 8.00. The van der Waals surface area contributed by atoms with Gasteiger partial charge in [0, 0.05) is 30.8 Å². The summed E-state index contributed by atoms with van der Waals surface area (Å²) in [6, 6.07) is 21.7. The summed E-state index contributed by atoms with van der Waals surface area (Å²) in [7, 11) is 0. The van der Waals surface area contributed by atoms with Crippen LogP contribution in [0.2, 0.25) is 0 Å². The fourth-order valence-corrected chi connectivity index (χ4v) is 6.74. The van der Waals surface area contributed by atoms with Crippen LogP contribution in [0.4, 0.5) is 0 Å². The first-order valence-corrected chi connectivity index (χ1v) is 11.7. The van der Waals surface area contributed by atoms with Crippen LogP contribution < -0.4 is 5.73 Å². The lowest BCUT2D eigenvalue weighted by Gasteiger charge is -2.50. The van der Waals surface area contributed by atoms with E-state index >= 15 is 0 Å². The number of benzene rings is 2. The number of carbonyl (C=O) groups is 1. The van der Waals surface area contributed by atoms with Gasteiger partial charge in [-0.25, -0.2) is 0 Å². The molecule has 162 valence electrons. The normalized spacial score (nSPS) is 33.8. The van der Waals surface area contributed by atoms with Gasteiger partial charge in [-0.3, -0.25) is 14.7 Å². The molecule has 4 bridgehead atoms. The maximum atomic E-state index is 13.1. The van der Waals surface area contributed by atoms with Crippen molar-refractivity contribution >= 4 is 12.1 Å². The zero-order chi connectivity index (χ0) is 21.6. The molecule has 2 fully saturated rings. The molecule has 3 aliphatic heterocycles. The smallest absolute Gasteiger partial charge is 0.247 e. The van der Waals surface area contributed by atoms with E-state index in [-0.39, 0.29) is 23.9 Å². The third-order valence-corrected chi connectivity index (χ3v) is 7.86. The molecule has 2 aromatic rings. The maximum absolute atomic E-state index is 13.1. The molecule has 1 amide bonds. The third-order valence-electron chi connectivity index (χ3n) is 7.86. The first kappa shape index (κ1) is 20.4. The summed E-state index contributed by atoms with van der Waals surface area (Å²) in [6.45, 7) is 5.41. The fourth-order valence-electron chi connectivity index (χ4n) is 6.74. The highest BCUT2D eigenvalue weighted by Gasteiger charge is 2.69. The molecule has 0 radical (unpaired) electrons. The highest BCUT2D eigenvalue weighted by Crippen LogP contribution is 2.58. The van der Waals surface area contributed by atoms with Crippen molar-refractivity contribution in [2.24, 2.45) is 34.4 Å². The Morgan fingerprint density at radius 2 is 1.74 bits per heavy atom. The van der Waals surface area contributed by atoms with Crippen molar-refractivity contribution in [2.75, 3.05) is 0 Å². The molecule has 6 unspecified atom stereocenters. The van der Waals surface area contributed by atoms with E-state index in [4.69, 9.17) is 10.7 Å². The van der Waals surface area contributed by atoms with Gasteiger partial charge < -0.3 is 5.73 Å². The summed E-state index contributed by atoms with van der Waals surface area (Å²) >= 11 is 0. The van der Waals surface area contributed by atoms with Gasteiger partial charge in [0.15, 0.2) is 5.54 Å². The molecule has 0 spiro atoms. The Morgan fingerprint density at radius 3 is 2.35 bits per heavy atom. The molecule has 0 aromatic heterocycles. The molecular weight excluding hydrogens is 382 g/mol. The molecule has 4 nitrogen and oxygen atoms in total. The van der Waals surface area contributed by atoms with Crippen molar-refractivity contribution in [1.82, 2.24) is 4.90 Å². The lowest BCUT2D eigenvalue weighted by Crippen LogP contribution is -2.65. The number of nitrogens with zero attached hydrogens (tertiary/aromatic N) is 2. The van der Waals surface area contributed by atoms with Crippen molar-refractivity contribution in [2.45, 2.75) is 57.3 Å². The molecule has 2 N–H and O–H groups in total. The summed E-state index contributed by atoms with van der Waals surface area (Å²) in [5, 5.41) is 0. The SMILES string of the molecule is CC(C)CC1C2C=NC3(C(N)=O)C(C2)C(Cc2ccccc2)N(Cc2ccccc2)C13. The standard InChI is InChI=1S/C27H33N3O/c1-18(2)13-22-21-15-23-24(14-19-9-5-3-6-10-19)30(17-20-11-7-4-8-12-20)25(22)27(23,26(28)31)29-16-21/h3-12,16,18,21-25H,13-15,17H2,1-2H3,(H2,28,31). The quantitative estimate of drug-likeness (QED) is 0.740. The van der Waals surface area contributed by atoms with E-state index < -0.39 is 5.54 Å². The highest BCUT2D eigenvalue weighted by atomic mass is 16.1. The number of hydrogen-bond acceptors (Lipinski definition) is 3. The van der Waals surface area contributed by atoms with E-state index in [0.29, 0.717) is 17.8 Å². The van der Waals surface area contributed by atoms with E-state index in [0.717, 1.165) is 25.8 Å². The predicted molar refractivity (Wildman–Crippen MR) is 125 cm³/mol. The lowest BCUT2D eigenvalue weighted by atomic mass is 9.58. The van der Waals surface area contributed by atoms with Crippen molar-refractivity contribution in [3.05, 3.63) is 71.8 Å². The van der Waals surface area contributed by atoms with Crippen LogP contribution in [0.5, 0.6) is 0 Å². The summed E-state index contributed by atoms with van der Waals surface area (Å²) < 4.78 is 0. The Balaban J connectivity index is 1.60. The molecular formula is C27H33N3O. The Hall–Kier alpha value is -2.46. The molecule has 6 atom stereocenters. The minimum absolute atomic E-state index is 0.0788. The number of amides is 1. The zero-order valence-electron chi connectivity index (χ0n) is 18.5. The number of carbonyl (C=O) groups excluding carboxylic acids is 1. The van der Waals surface area contributed by atoms with Crippen LogP contribution in [0.3, 0.4) is 0 Å². The molecule has 1 saturated carbocycles. The van der Waals surface area contributed by atoms with Crippen LogP contribution in [-0.2, 0) is 17.8 Å². The highest BCUT2D eigenvalue weighted by molar-refractivity contribution is 5.91. The maximum Gasteiger partial charge on any atom is 0.247 e. The van der Waals surface area contributed by atoms with Gasteiger partial charge in [0.2, 0.25) is 5.91 Å². The van der Waals surface area contributed by atoms with Crippen molar-refractivity contribution in [1.29, 1.82) is 0 Å². The zero-order valence-corrected chi connectivity index (χ0v) is 18.5. The minimum atomic E-state index is -0.789. The van der Waals surface area contributed by atoms with E-state index in [1.807, 2.05) is 0 Å². The average molecular weight is 416 g/mol. The molecule has 2 aromatic carbocycles. The monoisotopic (exact) mass is 415 g/mol. The topological polar surface area (TPSA) is 58.7 Å². The number of rotatable bonds is 7. The van der Waals surface area contributed by atoms with Gasteiger partial charge in [0.1, 0.15) is 0 Å². The number of aliphatic imine (C=N–C) groups is 1. The van der Waals surface area contributed by atoms with Gasteiger partial charge in [0.25, 0.3) is 0 Å². The Morgan fingerprint density at radius 1 is 1.10 bits per heavy atom. The number of primary amides is 1. The second-order valence-electron chi connectivity index (χ2n) is 10.1. The van der Waals surface area contributed by atoms with Crippen LogP contribution in [-0.4, -0.2) is 34.6 Å². The number of hydrogen-bond donors (Lipinski definition) is 1. The molecule has 6 rings (SSSR count). The lowest BCUT2D eigenvalue weighted by molar-refractivity contribution is -0.128. The van der Waals surface area contributed by atoms with Gasteiger partial charge in [-0.05, 0) is 48.1 Å². The average Bonchev–Trinajstić information content (AvgIpc) is 2.98. The molecule has 3 heterocycles. The van der Waals surface area contributed by atoms with Crippen molar-refractivity contribution < 1.29 is 4.79 Å². The summed E-state index contributed by atoms with van der Waals surface area (Å²) in [6.07, 6.45) is 5.13. The van der Waals surface area contributed by atoms with E-state index in [1.54, 1.807) is 0 Å². The van der Waals surface area contributed by atoms with Gasteiger partial charge in [-0.15, -0.1) is 0 Å². The van der Waals surface area contributed by atoms with E-state index in [1.165, 1.54) is 11.1 Å². The first-order chi connectivity index (χ1) is 15.0. The minimum Gasteiger partial charge on any atom is -0.367 e. The van der Waals surface area contributed by atoms with Crippen LogP contribution >= 0.6 is 0 Å². The van der Waals surface area contributed by atoms with Crippen LogP contribution in [0.1, 0.15) is 37.8 Å². The van der Waals surface area contributed by atoms with Gasteiger partial charge >= 0.3 is 0 Å². The van der Waals surface area contributed by atoms with Crippen LogP contribution in [0, 0.1) is 23.7 Å². The van der Waals surface area contributed by atoms with Crippen LogP contribution in [0.15, 0.2) is 65.7 Å². The van der Waals surface area contributed by atoms with Crippen LogP contribution in [0.25, 0.3) is 0 Å².